The molecule has 0 fully saturated rings. The van der Waals surface area contributed by atoms with Crippen LogP contribution in [0.4, 0.5) is 0 Å². The van der Waals surface area contributed by atoms with Gasteiger partial charge in [-0.05, 0) is 13.0 Å². The molecule has 1 atom stereocenters. The molecule has 16 heavy (non-hydrogen) atoms. The first-order valence-corrected chi connectivity index (χ1v) is 4.80. The van der Waals surface area contributed by atoms with Crippen molar-refractivity contribution in [2.45, 2.75) is 13.0 Å². The second-order valence-electron chi connectivity index (χ2n) is 2.96. The molecule has 1 aromatic heterocycles. The molecular formula is C10H9ClN4O. The van der Waals surface area contributed by atoms with Crippen LogP contribution in [-0.2, 0) is 0 Å². The Kier molecular flexibility index (Phi) is 4.42. The van der Waals surface area contributed by atoms with Gasteiger partial charge >= 0.3 is 0 Å². The minimum absolute atomic E-state index is 0.295. The van der Waals surface area contributed by atoms with Gasteiger partial charge < -0.3 is 5.32 Å². The van der Waals surface area contributed by atoms with Gasteiger partial charge in [0.25, 0.3) is 5.91 Å². The summed E-state index contributed by atoms with van der Waals surface area (Å²) in [6, 6.07) is 1.14. The Bertz CT molecular complexity index is 434. The van der Waals surface area contributed by atoms with Gasteiger partial charge in [0.1, 0.15) is 12.4 Å². The second-order valence-corrected chi connectivity index (χ2v) is 3.56. The topological polar surface area (TPSA) is 78.7 Å². The standard InChI is InChI=1S/C10H9ClN4O/c1-7(11)2-9(3-12)15-10(16)8-4-13-6-14-5-8/h2,4-6,9H,1H3,(H,15,16)/b7-2+/t9-/m0/s1. The zero-order valence-electron chi connectivity index (χ0n) is 8.51. The average Bonchev–Trinajstić information content (AvgIpc) is 2.28. The van der Waals surface area contributed by atoms with Crippen LogP contribution in [0.3, 0.4) is 0 Å². The van der Waals surface area contributed by atoms with Crippen molar-refractivity contribution in [3.05, 3.63) is 35.4 Å². The molecular weight excluding hydrogens is 228 g/mol. The van der Waals surface area contributed by atoms with E-state index in [2.05, 4.69) is 15.3 Å². The third-order valence-electron chi connectivity index (χ3n) is 1.64. The van der Waals surface area contributed by atoms with Gasteiger partial charge in [0.2, 0.25) is 0 Å². The van der Waals surface area contributed by atoms with E-state index in [1.165, 1.54) is 24.8 Å². The summed E-state index contributed by atoms with van der Waals surface area (Å²) in [4.78, 5) is 19.0. The van der Waals surface area contributed by atoms with Crippen LogP contribution in [0.2, 0.25) is 0 Å². The number of hydrogen-bond donors (Lipinski definition) is 1. The van der Waals surface area contributed by atoms with Crippen molar-refractivity contribution in [2.24, 2.45) is 0 Å². The highest BCUT2D eigenvalue weighted by Crippen LogP contribution is 2.01. The van der Waals surface area contributed by atoms with E-state index in [4.69, 9.17) is 16.9 Å². The fraction of sp³-hybridized carbons (Fsp3) is 0.200. The number of allylic oxidation sites excluding steroid dienone is 1. The summed E-state index contributed by atoms with van der Waals surface area (Å²) in [7, 11) is 0. The van der Waals surface area contributed by atoms with Crippen molar-refractivity contribution in [1.29, 1.82) is 5.26 Å². The molecule has 0 aliphatic carbocycles. The molecule has 1 aromatic rings. The molecule has 0 unspecified atom stereocenters. The SMILES string of the molecule is C/C(Cl)=C\[C@@H](C#N)NC(=O)c1cncnc1. The fourth-order valence-corrected chi connectivity index (χ4v) is 1.11. The summed E-state index contributed by atoms with van der Waals surface area (Å²) in [5, 5.41) is 11.7. The molecule has 0 aromatic carbocycles. The van der Waals surface area contributed by atoms with E-state index in [-0.39, 0.29) is 0 Å². The molecule has 0 radical (unpaired) electrons. The number of halogens is 1. The van der Waals surface area contributed by atoms with E-state index in [9.17, 15) is 4.79 Å². The maximum absolute atomic E-state index is 11.6. The van der Waals surface area contributed by atoms with Gasteiger partial charge in [-0.25, -0.2) is 9.97 Å². The summed E-state index contributed by atoms with van der Waals surface area (Å²) >= 11 is 5.61. The minimum atomic E-state index is -0.759. The second kappa shape index (κ2) is 5.83. The van der Waals surface area contributed by atoms with Gasteiger partial charge in [-0.1, -0.05) is 11.6 Å². The molecule has 0 saturated heterocycles. The Balaban J connectivity index is 2.72. The molecule has 1 rings (SSSR count). The Hall–Kier alpha value is -1.93. The van der Waals surface area contributed by atoms with Crippen LogP contribution >= 0.6 is 11.6 Å². The smallest absolute Gasteiger partial charge is 0.255 e. The van der Waals surface area contributed by atoms with Gasteiger partial charge in [0, 0.05) is 17.4 Å². The Labute approximate surface area is 97.8 Å². The van der Waals surface area contributed by atoms with Crippen LogP contribution in [-0.4, -0.2) is 21.9 Å². The van der Waals surface area contributed by atoms with Crippen molar-refractivity contribution < 1.29 is 4.79 Å². The highest BCUT2D eigenvalue weighted by molar-refractivity contribution is 6.29. The number of aromatic nitrogens is 2. The number of nitrogens with zero attached hydrogens (tertiary/aromatic N) is 3. The van der Waals surface area contributed by atoms with Crippen LogP contribution in [0.15, 0.2) is 29.8 Å². The van der Waals surface area contributed by atoms with Crippen LogP contribution in [0.25, 0.3) is 0 Å². The molecule has 1 heterocycles. The molecule has 6 heteroatoms. The summed E-state index contributed by atoms with van der Waals surface area (Å²) in [5.41, 5.74) is 0.295. The number of hydrogen-bond acceptors (Lipinski definition) is 4. The first-order chi connectivity index (χ1) is 7.63. The predicted molar refractivity (Wildman–Crippen MR) is 58.5 cm³/mol. The Morgan fingerprint density at radius 2 is 2.25 bits per heavy atom. The van der Waals surface area contributed by atoms with Gasteiger partial charge in [-0.3, -0.25) is 4.79 Å². The largest absolute Gasteiger partial charge is 0.333 e. The monoisotopic (exact) mass is 236 g/mol. The Morgan fingerprint density at radius 3 is 2.75 bits per heavy atom. The van der Waals surface area contributed by atoms with Crippen LogP contribution in [0, 0.1) is 11.3 Å². The van der Waals surface area contributed by atoms with Crippen molar-refractivity contribution in [3.63, 3.8) is 0 Å². The predicted octanol–water partition coefficient (Wildman–Crippen LogP) is 1.24. The number of carbonyl (C=O) groups is 1. The first-order valence-electron chi connectivity index (χ1n) is 4.43. The number of carbonyl (C=O) groups excluding carboxylic acids is 1. The molecule has 82 valence electrons. The number of amides is 1. The van der Waals surface area contributed by atoms with Gasteiger partial charge in [-0.15, -0.1) is 0 Å². The highest BCUT2D eigenvalue weighted by Gasteiger charge is 2.11. The highest BCUT2D eigenvalue weighted by atomic mass is 35.5. The summed E-state index contributed by atoms with van der Waals surface area (Å²) < 4.78 is 0. The average molecular weight is 237 g/mol. The van der Waals surface area contributed by atoms with Crippen molar-refractivity contribution >= 4 is 17.5 Å². The lowest BCUT2D eigenvalue weighted by Crippen LogP contribution is -2.32. The van der Waals surface area contributed by atoms with E-state index in [1.54, 1.807) is 6.92 Å². The zero-order valence-corrected chi connectivity index (χ0v) is 9.27. The van der Waals surface area contributed by atoms with E-state index >= 15 is 0 Å². The maximum Gasteiger partial charge on any atom is 0.255 e. The van der Waals surface area contributed by atoms with Crippen molar-refractivity contribution in [3.8, 4) is 6.07 Å². The third kappa shape index (κ3) is 3.67. The number of nitriles is 1. The Morgan fingerprint density at radius 1 is 1.62 bits per heavy atom. The summed E-state index contributed by atoms with van der Waals surface area (Å²) in [6.07, 6.45) is 5.51. The lowest BCUT2D eigenvalue weighted by Gasteiger charge is -2.06. The molecule has 0 saturated carbocycles. The van der Waals surface area contributed by atoms with Crippen LogP contribution in [0.5, 0.6) is 0 Å². The first kappa shape index (κ1) is 12.1. The lowest BCUT2D eigenvalue weighted by molar-refractivity contribution is 0.0950. The van der Waals surface area contributed by atoms with Gasteiger partial charge in [0.15, 0.2) is 0 Å². The van der Waals surface area contributed by atoms with Gasteiger partial charge in [-0.2, -0.15) is 5.26 Å². The van der Waals surface area contributed by atoms with E-state index in [1.807, 2.05) is 6.07 Å². The molecule has 5 nitrogen and oxygen atoms in total. The fourth-order valence-electron chi connectivity index (χ4n) is 0.982. The summed E-state index contributed by atoms with van der Waals surface area (Å²) in [6.45, 7) is 1.63. The molecule has 1 amide bonds. The molecule has 1 N–H and O–H groups in total. The maximum atomic E-state index is 11.6. The molecule has 0 spiro atoms. The third-order valence-corrected chi connectivity index (χ3v) is 1.77. The quantitative estimate of drug-likeness (QED) is 0.857. The number of rotatable bonds is 3. The van der Waals surface area contributed by atoms with Gasteiger partial charge in [0.05, 0.1) is 11.6 Å². The van der Waals surface area contributed by atoms with E-state index in [0.29, 0.717) is 10.6 Å². The van der Waals surface area contributed by atoms with Crippen molar-refractivity contribution in [1.82, 2.24) is 15.3 Å². The zero-order chi connectivity index (χ0) is 12.0. The minimum Gasteiger partial charge on any atom is -0.333 e. The van der Waals surface area contributed by atoms with E-state index in [0.717, 1.165) is 0 Å². The normalized spacial score (nSPS) is 12.7. The van der Waals surface area contributed by atoms with Crippen LogP contribution < -0.4 is 5.32 Å². The number of nitrogens with one attached hydrogen (secondary N) is 1. The molecule has 0 aliphatic rings. The lowest BCUT2D eigenvalue weighted by atomic mass is 10.2. The van der Waals surface area contributed by atoms with Crippen LogP contribution in [0.1, 0.15) is 17.3 Å². The molecule has 0 aliphatic heterocycles. The molecule has 0 bridgehead atoms. The van der Waals surface area contributed by atoms with Crippen molar-refractivity contribution in [2.75, 3.05) is 0 Å². The summed E-state index contributed by atoms with van der Waals surface area (Å²) in [5.74, 6) is -0.415. The van der Waals surface area contributed by atoms with E-state index < -0.39 is 11.9 Å².